The van der Waals surface area contributed by atoms with Gasteiger partial charge in [-0.15, -0.1) is 0 Å². The number of aliphatic carboxylic acids is 1. The predicted octanol–water partition coefficient (Wildman–Crippen LogP) is 13.1. The minimum atomic E-state index is -4.74. The molecule has 0 radical (unpaired) electrons. The molecule has 0 spiro atoms. The van der Waals surface area contributed by atoms with E-state index in [4.69, 9.17) is 24.8 Å². The standard InChI is InChI=1S/C50H84NO10P/c1-3-5-7-9-11-13-15-17-19-21-23-25-27-29-31-33-35-37-39-41-48(52)58-43-46(44-59-62(56,57)60-45-47(51)50(54)55)61-49(53)42-40-38-36-34-32-30-28-26-24-22-20-18-16-14-12-10-8-6-4-2/h5,7,11,13,17,19,22-25,29,31,35,37,46-47H,3-4,6,8-10,12,14-16,18,20-21,26-28,30,32-34,36,38-45,51H2,1-2H3,(H,54,55)(H,56,57)/b7-5-,13-11-,19-17-,24-22-,25-23-,31-29-,37-35-/t46-,47+/m1/s1. The van der Waals surface area contributed by atoms with Gasteiger partial charge in [0.1, 0.15) is 12.6 Å². The first-order chi connectivity index (χ1) is 30.1. The molecule has 0 saturated heterocycles. The third-order valence-electron chi connectivity index (χ3n) is 9.64. The van der Waals surface area contributed by atoms with Crippen LogP contribution in [-0.4, -0.2) is 59.9 Å². The minimum Gasteiger partial charge on any atom is -0.480 e. The van der Waals surface area contributed by atoms with Gasteiger partial charge >= 0.3 is 25.7 Å². The summed E-state index contributed by atoms with van der Waals surface area (Å²) in [5, 5.41) is 8.91. The van der Waals surface area contributed by atoms with Crippen LogP contribution >= 0.6 is 7.82 Å². The number of hydrogen-bond acceptors (Lipinski definition) is 9. The highest BCUT2D eigenvalue weighted by atomic mass is 31.2. The van der Waals surface area contributed by atoms with Gasteiger partial charge in [-0.25, -0.2) is 4.57 Å². The van der Waals surface area contributed by atoms with E-state index < -0.39 is 57.7 Å². The summed E-state index contributed by atoms with van der Waals surface area (Å²) in [6.45, 7) is 2.61. The molecular weight excluding hydrogens is 806 g/mol. The molecule has 0 aromatic carbocycles. The first kappa shape index (κ1) is 58.7. The molecule has 0 saturated carbocycles. The zero-order valence-corrected chi connectivity index (χ0v) is 39.3. The Morgan fingerprint density at radius 3 is 1.42 bits per heavy atom. The molecule has 0 fully saturated rings. The van der Waals surface area contributed by atoms with Crippen LogP contribution in [0, 0.1) is 0 Å². The van der Waals surface area contributed by atoms with Crippen LogP contribution in [-0.2, 0) is 37.5 Å². The SMILES string of the molecule is CC/C=C\C/C=C\C/C=C\C/C=C\C/C=C\C/C=C\CCC(=O)OC[C@H](COP(=O)(O)OC[C@H](N)C(=O)O)OC(=O)CCCCCCCCC/C=C\CCCCCCCCCC. The topological polar surface area (TPSA) is 172 Å². The van der Waals surface area contributed by atoms with Crippen molar-refractivity contribution in [3.63, 3.8) is 0 Å². The quantitative estimate of drug-likeness (QED) is 0.0230. The van der Waals surface area contributed by atoms with E-state index in [0.717, 1.165) is 70.6 Å². The van der Waals surface area contributed by atoms with E-state index in [1.165, 1.54) is 70.6 Å². The van der Waals surface area contributed by atoms with Crippen LogP contribution in [0.1, 0.15) is 181 Å². The summed E-state index contributed by atoms with van der Waals surface area (Å²) in [4.78, 5) is 46.0. The number of carbonyl (C=O) groups is 3. The second-order valence-corrected chi connectivity index (χ2v) is 17.0. The number of rotatable bonds is 43. The maximum Gasteiger partial charge on any atom is 0.472 e. The van der Waals surface area contributed by atoms with Crippen molar-refractivity contribution >= 4 is 25.7 Å². The molecule has 0 heterocycles. The summed E-state index contributed by atoms with van der Waals surface area (Å²) >= 11 is 0. The Hall–Kier alpha value is -3.34. The molecule has 0 aliphatic heterocycles. The van der Waals surface area contributed by atoms with Crippen molar-refractivity contribution in [1.29, 1.82) is 0 Å². The fraction of sp³-hybridized carbons (Fsp3) is 0.660. The molecule has 0 amide bonds. The molecule has 0 aliphatic carbocycles. The van der Waals surface area contributed by atoms with Crippen molar-refractivity contribution in [1.82, 2.24) is 0 Å². The van der Waals surface area contributed by atoms with Gasteiger partial charge in [-0.2, -0.15) is 0 Å². The number of carboxylic acid groups (broad SMARTS) is 1. The molecule has 0 aromatic heterocycles. The first-order valence-electron chi connectivity index (χ1n) is 23.6. The maximum absolute atomic E-state index is 12.7. The van der Waals surface area contributed by atoms with Gasteiger partial charge in [0.15, 0.2) is 6.10 Å². The smallest absolute Gasteiger partial charge is 0.472 e. The molecule has 1 unspecified atom stereocenters. The molecule has 0 rings (SSSR count). The summed E-state index contributed by atoms with van der Waals surface area (Å²) in [7, 11) is -4.74. The lowest BCUT2D eigenvalue weighted by molar-refractivity contribution is -0.161. The van der Waals surface area contributed by atoms with Crippen LogP contribution in [0.3, 0.4) is 0 Å². The molecule has 0 bridgehead atoms. The van der Waals surface area contributed by atoms with Crippen molar-refractivity contribution in [2.24, 2.45) is 5.73 Å². The molecule has 11 nitrogen and oxygen atoms in total. The molecule has 354 valence electrons. The average molecular weight is 890 g/mol. The minimum absolute atomic E-state index is 0.0917. The number of carboxylic acids is 1. The van der Waals surface area contributed by atoms with Crippen LogP contribution < -0.4 is 5.73 Å². The normalized spacial score (nSPS) is 14.4. The van der Waals surface area contributed by atoms with E-state index in [2.05, 4.69) is 91.3 Å². The number of unbranched alkanes of at least 4 members (excludes halogenated alkanes) is 15. The van der Waals surface area contributed by atoms with Gasteiger partial charge < -0.3 is 25.2 Å². The van der Waals surface area contributed by atoms with E-state index in [0.29, 0.717) is 12.8 Å². The third kappa shape index (κ3) is 43.3. The number of phosphoric acid groups is 1. The van der Waals surface area contributed by atoms with Crippen LogP contribution in [0.5, 0.6) is 0 Å². The van der Waals surface area contributed by atoms with Crippen molar-refractivity contribution in [3.05, 3.63) is 85.1 Å². The highest BCUT2D eigenvalue weighted by molar-refractivity contribution is 7.47. The Morgan fingerprint density at radius 1 is 0.516 bits per heavy atom. The van der Waals surface area contributed by atoms with E-state index >= 15 is 0 Å². The van der Waals surface area contributed by atoms with Crippen molar-refractivity contribution in [3.8, 4) is 0 Å². The number of esters is 2. The number of nitrogens with two attached hydrogens (primary N) is 1. The summed E-state index contributed by atoms with van der Waals surface area (Å²) in [5.74, 6) is -2.50. The van der Waals surface area contributed by atoms with Gasteiger partial charge in [0.25, 0.3) is 0 Å². The predicted molar refractivity (Wildman–Crippen MR) is 254 cm³/mol. The molecule has 4 N–H and O–H groups in total. The summed E-state index contributed by atoms with van der Waals surface area (Å²) < 4.78 is 32.7. The average Bonchev–Trinajstić information content (AvgIpc) is 3.25. The lowest BCUT2D eigenvalue weighted by Gasteiger charge is -2.20. The largest absolute Gasteiger partial charge is 0.480 e. The molecule has 3 atom stereocenters. The lowest BCUT2D eigenvalue weighted by atomic mass is 10.1. The highest BCUT2D eigenvalue weighted by Crippen LogP contribution is 2.43. The van der Waals surface area contributed by atoms with Crippen LogP contribution in [0.2, 0.25) is 0 Å². The maximum atomic E-state index is 12.7. The Morgan fingerprint density at radius 2 is 0.935 bits per heavy atom. The second-order valence-electron chi connectivity index (χ2n) is 15.5. The fourth-order valence-electron chi connectivity index (χ4n) is 5.97. The number of allylic oxidation sites excluding steroid dienone is 14. The molecule has 12 heteroatoms. The Balaban J connectivity index is 4.44. The van der Waals surface area contributed by atoms with Gasteiger partial charge in [0, 0.05) is 12.8 Å². The summed E-state index contributed by atoms with van der Waals surface area (Å²) in [6.07, 6.45) is 55.2. The first-order valence-corrected chi connectivity index (χ1v) is 25.1. The van der Waals surface area contributed by atoms with Gasteiger partial charge in [0.2, 0.25) is 0 Å². The fourth-order valence-corrected chi connectivity index (χ4v) is 6.75. The Labute approximate surface area is 375 Å². The van der Waals surface area contributed by atoms with Crippen LogP contribution in [0.4, 0.5) is 0 Å². The monoisotopic (exact) mass is 890 g/mol. The van der Waals surface area contributed by atoms with Gasteiger partial charge in [-0.05, 0) is 77.0 Å². The number of hydrogen-bond donors (Lipinski definition) is 3. The van der Waals surface area contributed by atoms with Crippen LogP contribution in [0.15, 0.2) is 85.1 Å². The summed E-state index contributed by atoms with van der Waals surface area (Å²) in [6, 6.07) is -1.54. The van der Waals surface area contributed by atoms with Crippen molar-refractivity contribution in [2.75, 3.05) is 19.8 Å². The van der Waals surface area contributed by atoms with E-state index in [-0.39, 0.29) is 12.8 Å². The number of carbonyl (C=O) groups excluding carboxylic acids is 2. The third-order valence-corrected chi connectivity index (χ3v) is 10.6. The number of ether oxygens (including phenoxy) is 2. The lowest BCUT2D eigenvalue weighted by Crippen LogP contribution is -2.34. The zero-order valence-electron chi connectivity index (χ0n) is 38.4. The Kier molecular flexibility index (Phi) is 41.9. The van der Waals surface area contributed by atoms with Crippen molar-refractivity contribution < 1.29 is 47.5 Å². The molecule has 0 aliphatic rings. The molecular formula is C50H84NO10P. The molecule has 0 aromatic rings. The van der Waals surface area contributed by atoms with Gasteiger partial charge in [-0.3, -0.25) is 23.4 Å². The van der Waals surface area contributed by atoms with Gasteiger partial charge in [-0.1, -0.05) is 176 Å². The highest BCUT2D eigenvalue weighted by Gasteiger charge is 2.28. The Bertz CT molecular complexity index is 1370. The van der Waals surface area contributed by atoms with Gasteiger partial charge in [0.05, 0.1) is 13.2 Å². The van der Waals surface area contributed by atoms with E-state index in [1.807, 2.05) is 12.2 Å². The second kappa shape index (κ2) is 44.3. The van der Waals surface area contributed by atoms with E-state index in [9.17, 15) is 23.8 Å². The molecule has 62 heavy (non-hydrogen) atoms. The summed E-state index contributed by atoms with van der Waals surface area (Å²) in [5.41, 5.74) is 5.34. The number of phosphoric ester groups is 1. The van der Waals surface area contributed by atoms with Crippen LogP contribution in [0.25, 0.3) is 0 Å². The zero-order chi connectivity index (χ0) is 45.6. The van der Waals surface area contributed by atoms with E-state index in [1.54, 1.807) is 0 Å². The van der Waals surface area contributed by atoms with Crippen molar-refractivity contribution in [2.45, 2.75) is 193 Å².